The number of anilines is 1. The van der Waals surface area contributed by atoms with Crippen molar-refractivity contribution < 1.29 is 5.11 Å². The highest BCUT2D eigenvalue weighted by Crippen LogP contribution is 2.27. The van der Waals surface area contributed by atoms with Gasteiger partial charge in [0.25, 0.3) is 0 Å². The molecule has 21 heavy (non-hydrogen) atoms. The van der Waals surface area contributed by atoms with E-state index in [9.17, 15) is 5.11 Å². The highest BCUT2D eigenvalue weighted by atomic mass is 16.3. The van der Waals surface area contributed by atoms with Crippen LogP contribution in [0.4, 0.5) is 5.69 Å². The van der Waals surface area contributed by atoms with E-state index in [4.69, 9.17) is 5.73 Å². The Balaban J connectivity index is 2.11. The van der Waals surface area contributed by atoms with Crippen LogP contribution in [0.15, 0.2) is 42.5 Å². The second kappa shape index (κ2) is 6.19. The van der Waals surface area contributed by atoms with Gasteiger partial charge in [0.1, 0.15) is 5.75 Å². The van der Waals surface area contributed by atoms with Crippen LogP contribution in [0, 0.1) is 0 Å². The normalized spacial score (nSPS) is 11.4. The van der Waals surface area contributed by atoms with Crippen molar-refractivity contribution in [2.45, 2.75) is 39.3 Å². The van der Waals surface area contributed by atoms with Gasteiger partial charge in [0, 0.05) is 24.3 Å². The lowest BCUT2D eigenvalue weighted by Gasteiger charge is -2.20. The largest absolute Gasteiger partial charge is 0.508 e. The van der Waals surface area contributed by atoms with Crippen LogP contribution in [-0.2, 0) is 18.5 Å². The van der Waals surface area contributed by atoms with E-state index in [-0.39, 0.29) is 5.41 Å². The van der Waals surface area contributed by atoms with Crippen LogP contribution in [-0.4, -0.2) is 5.11 Å². The molecule has 0 amide bonds. The molecule has 0 atom stereocenters. The highest BCUT2D eigenvalue weighted by molar-refractivity contribution is 5.47. The Morgan fingerprint density at radius 2 is 1.71 bits per heavy atom. The first-order valence-corrected chi connectivity index (χ1v) is 7.25. The first kappa shape index (κ1) is 15.4. The molecule has 2 aromatic rings. The molecule has 0 unspecified atom stereocenters. The van der Waals surface area contributed by atoms with Crippen molar-refractivity contribution >= 4 is 5.69 Å². The van der Waals surface area contributed by atoms with Gasteiger partial charge in [-0.25, -0.2) is 0 Å². The number of hydrogen-bond acceptors (Lipinski definition) is 3. The van der Waals surface area contributed by atoms with Crippen LogP contribution in [0.5, 0.6) is 5.75 Å². The van der Waals surface area contributed by atoms with Crippen molar-refractivity contribution in [1.29, 1.82) is 0 Å². The molecular weight excluding hydrogens is 260 g/mol. The molecule has 4 N–H and O–H groups in total. The third-order valence-corrected chi connectivity index (χ3v) is 3.62. The summed E-state index contributed by atoms with van der Waals surface area (Å²) in [6.07, 6.45) is 0. The Morgan fingerprint density at radius 3 is 2.29 bits per heavy atom. The number of rotatable bonds is 4. The molecule has 0 aromatic heterocycles. The fourth-order valence-electron chi connectivity index (χ4n) is 2.15. The van der Waals surface area contributed by atoms with Gasteiger partial charge in [0.15, 0.2) is 0 Å². The number of phenols is 1. The summed E-state index contributed by atoms with van der Waals surface area (Å²) in [4.78, 5) is 0. The summed E-state index contributed by atoms with van der Waals surface area (Å²) in [6.45, 7) is 7.65. The lowest BCUT2D eigenvalue weighted by molar-refractivity contribution is 0.467. The molecular formula is C18H24N2O. The number of benzene rings is 2. The van der Waals surface area contributed by atoms with Crippen LogP contribution in [0.2, 0.25) is 0 Å². The molecule has 112 valence electrons. The van der Waals surface area contributed by atoms with Crippen molar-refractivity contribution in [3.05, 3.63) is 59.2 Å². The molecule has 0 aliphatic carbocycles. The number of nitrogens with one attached hydrogen (secondary N) is 1. The van der Waals surface area contributed by atoms with Crippen LogP contribution >= 0.6 is 0 Å². The average Bonchev–Trinajstić information content (AvgIpc) is 2.45. The molecule has 3 nitrogen and oxygen atoms in total. The smallest absolute Gasteiger partial charge is 0.120 e. The van der Waals surface area contributed by atoms with E-state index >= 15 is 0 Å². The van der Waals surface area contributed by atoms with Crippen molar-refractivity contribution in [3.63, 3.8) is 0 Å². The van der Waals surface area contributed by atoms with E-state index in [2.05, 4.69) is 32.2 Å². The van der Waals surface area contributed by atoms with Gasteiger partial charge in [0.2, 0.25) is 0 Å². The number of nitrogens with two attached hydrogens (primary N) is 1. The van der Waals surface area contributed by atoms with E-state index in [1.807, 2.05) is 30.3 Å². The fourth-order valence-corrected chi connectivity index (χ4v) is 2.15. The Labute approximate surface area is 126 Å². The Hall–Kier alpha value is -2.00. The Bertz CT molecular complexity index is 598. The molecule has 2 rings (SSSR count). The summed E-state index contributed by atoms with van der Waals surface area (Å²) < 4.78 is 0. The second-order valence-corrected chi connectivity index (χ2v) is 6.35. The van der Waals surface area contributed by atoms with Gasteiger partial charge >= 0.3 is 0 Å². The van der Waals surface area contributed by atoms with Crippen molar-refractivity contribution in [3.8, 4) is 5.75 Å². The van der Waals surface area contributed by atoms with Gasteiger partial charge in [-0.15, -0.1) is 0 Å². The minimum atomic E-state index is 0.0746. The zero-order valence-electron chi connectivity index (χ0n) is 13.0. The maximum absolute atomic E-state index is 10.0. The Kier molecular flexibility index (Phi) is 4.53. The molecule has 0 fully saturated rings. The first-order valence-electron chi connectivity index (χ1n) is 7.25. The maximum Gasteiger partial charge on any atom is 0.120 e. The van der Waals surface area contributed by atoms with E-state index in [0.717, 1.165) is 16.8 Å². The van der Waals surface area contributed by atoms with Crippen molar-refractivity contribution in [1.82, 2.24) is 0 Å². The predicted molar refractivity (Wildman–Crippen MR) is 88.5 cm³/mol. The minimum Gasteiger partial charge on any atom is -0.508 e. The minimum absolute atomic E-state index is 0.0746. The van der Waals surface area contributed by atoms with Gasteiger partial charge < -0.3 is 16.2 Å². The van der Waals surface area contributed by atoms with Crippen LogP contribution in [0.25, 0.3) is 0 Å². The molecule has 0 bridgehead atoms. The number of phenolic OH excluding ortho intramolecular Hbond substituents is 1. The van der Waals surface area contributed by atoms with Gasteiger partial charge in [-0.05, 0) is 40.8 Å². The summed E-state index contributed by atoms with van der Waals surface area (Å²) in [7, 11) is 0. The topological polar surface area (TPSA) is 58.3 Å². The summed E-state index contributed by atoms with van der Waals surface area (Å²) >= 11 is 0. The standard InChI is InChI=1S/C18H24N2O/c1-18(2,3)15-6-9-17(21)14(10-15)12-20-16-7-4-13(11-19)5-8-16/h4-10,20-21H,11-12,19H2,1-3H3. The molecule has 0 aliphatic rings. The van der Waals surface area contributed by atoms with E-state index < -0.39 is 0 Å². The predicted octanol–water partition coefficient (Wildman–Crippen LogP) is 3.76. The zero-order valence-corrected chi connectivity index (χ0v) is 13.0. The fraction of sp³-hybridized carbons (Fsp3) is 0.333. The van der Waals surface area contributed by atoms with Crippen molar-refractivity contribution in [2.24, 2.45) is 5.73 Å². The quantitative estimate of drug-likeness (QED) is 0.801. The summed E-state index contributed by atoms with van der Waals surface area (Å²) in [5, 5.41) is 13.3. The van der Waals surface area contributed by atoms with E-state index in [1.165, 1.54) is 5.56 Å². The lowest BCUT2D eigenvalue weighted by Crippen LogP contribution is -2.12. The van der Waals surface area contributed by atoms with Crippen LogP contribution in [0.1, 0.15) is 37.5 Å². The molecule has 0 radical (unpaired) electrons. The monoisotopic (exact) mass is 284 g/mol. The average molecular weight is 284 g/mol. The van der Waals surface area contributed by atoms with Gasteiger partial charge in [-0.3, -0.25) is 0 Å². The third kappa shape index (κ3) is 3.99. The van der Waals surface area contributed by atoms with Gasteiger partial charge in [0.05, 0.1) is 0 Å². The second-order valence-electron chi connectivity index (χ2n) is 6.35. The molecule has 0 spiro atoms. The van der Waals surface area contributed by atoms with Gasteiger partial charge in [-0.2, -0.15) is 0 Å². The summed E-state index contributed by atoms with van der Waals surface area (Å²) in [6, 6.07) is 13.8. The van der Waals surface area contributed by atoms with E-state index in [1.54, 1.807) is 6.07 Å². The molecule has 0 heterocycles. The molecule has 0 aliphatic heterocycles. The van der Waals surface area contributed by atoms with Crippen LogP contribution < -0.4 is 11.1 Å². The van der Waals surface area contributed by atoms with Crippen molar-refractivity contribution in [2.75, 3.05) is 5.32 Å². The van der Waals surface area contributed by atoms with E-state index in [0.29, 0.717) is 18.8 Å². The third-order valence-electron chi connectivity index (χ3n) is 3.62. The Morgan fingerprint density at radius 1 is 1.05 bits per heavy atom. The molecule has 2 aromatic carbocycles. The summed E-state index contributed by atoms with van der Waals surface area (Å²) in [5.74, 6) is 0.328. The zero-order chi connectivity index (χ0) is 15.5. The lowest BCUT2D eigenvalue weighted by atomic mass is 9.86. The molecule has 0 saturated carbocycles. The molecule has 0 saturated heterocycles. The van der Waals surface area contributed by atoms with Gasteiger partial charge in [-0.1, -0.05) is 39.0 Å². The molecule has 3 heteroatoms. The van der Waals surface area contributed by atoms with Crippen LogP contribution in [0.3, 0.4) is 0 Å². The maximum atomic E-state index is 10.0. The first-order chi connectivity index (χ1) is 9.90. The number of hydrogen-bond donors (Lipinski definition) is 3. The highest BCUT2D eigenvalue weighted by Gasteiger charge is 2.15. The SMILES string of the molecule is CC(C)(C)c1ccc(O)c(CNc2ccc(CN)cc2)c1. The summed E-state index contributed by atoms with van der Waals surface area (Å²) in [5.41, 5.74) is 9.92. The number of aromatic hydroxyl groups is 1.